The first kappa shape index (κ1) is 13.3. The van der Waals surface area contributed by atoms with Crippen molar-refractivity contribution in [1.29, 1.82) is 0 Å². The van der Waals surface area contributed by atoms with Crippen molar-refractivity contribution < 1.29 is 9.59 Å². The molecule has 92 valence electrons. The minimum atomic E-state index is -0.456. The van der Waals surface area contributed by atoms with Gasteiger partial charge in [0.1, 0.15) is 5.88 Å². The van der Waals surface area contributed by atoms with E-state index in [1.807, 2.05) is 0 Å². The third-order valence-electron chi connectivity index (χ3n) is 3.12. The first-order valence-electron chi connectivity index (χ1n) is 5.83. The fraction of sp³-hybridized carbons (Fsp3) is 0.818. The molecule has 0 radical (unpaired) electrons. The molecule has 2 atom stereocenters. The summed E-state index contributed by atoms with van der Waals surface area (Å²) in [5, 5.41) is 5.06. The van der Waals surface area contributed by atoms with Crippen molar-refractivity contribution in [1.82, 2.24) is 10.6 Å². The van der Waals surface area contributed by atoms with Gasteiger partial charge in [0.05, 0.1) is 0 Å². The molecule has 0 heterocycles. The zero-order valence-electron chi connectivity index (χ0n) is 9.59. The van der Waals surface area contributed by atoms with Gasteiger partial charge >= 0.3 is 6.03 Å². The van der Waals surface area contributed by atoms with Crippen LogP contribution in [0.25, 0.3) is 0 Å². The van der Waals surface area contributed by atoms with E-state index in [1.54, 1.807) is 0 Å². The van der Waals surface area contributed by atoms with E-state index in [2.05, 4.69) is 17.6 Å². The Morgan fingerprint density at radius 2 is 2.00 bits per heavy atom. The first-order valence-corrected chi connectivity index (χ1v) is 6.37. The quantitative estimate of drug-likeness (QED) is 0.749. The van der Waals surface area contributed by atoms with E-state index in [0.717, 1.165) is 25.7 Å². The van der Waals surface area contributed by atoms with Gasteiger partial charge in [0.15, 0.2) is 0 Å². The summed E-state index contributed by atoms with van der Waals surface area (Å²) in [5.74, 6) is -0.108. The monoisotopic (exact) mass is 246 g/mol. The molecule has 0 aromatic rings. The highest BCUT2D eigenvalue weighted by molar-refractivity contribution is 6.28. The lowest BCUT2D eigenvalue weighted by Gasteiger charge is -2.31. The molecular weight excluding hydrogens is 228 g/mol. The molecule has 2 N–H and O–H groups in total. The number of hydrogen-bond acceptors (Lipinski definition) is 2. The van der Waals surface area contributed by atoms with Crippen LogP contribution in [0.5, 0.6) is 0 Å². The molecule has 0 aliphatic heterocycles. The number of imide groups is 1. The van der Waals surface area contributed by atoms with Crippen LogP contribution in [0.15, 0.2) is 0 Å². The van der Waals surface area contributed by atoms with E-state index in [4.69, 9.17) is 11.6 Å². The number of carbonyl (C=O) groups excluding carboxylic acids is 2. The number of nitrogens with one attached hydrogen (secondary N) is 2. The highest BCUT2D eigenvalue weighted by atomic mass is 35.5. The highest BCUT2D eigenvalue weighted by Gasteiger charge is 2.25. The molecule has 1 fully saturated rings. The van der Waals surface area contributed by atoms with Gasteiger partial charge in [-0.15, -0.1) is 11.6 Å². The fourth-order valence-electron chi connectivity index (χ4n) is 2.25. The number of urea groups is 1. The third kappa shape index (κ3) is 4.00. The Morgan fingerprint density at radius 1 is 1.31 bits per heavy atom. The van der Waals surface area contributed by atoms with Gasteiger partial charge in [-0.2, -0.15) is 0 Å². The predicted molar refractivity (Wildman–Crippen MR) is 63.4 cm³/mol. The lowest BCUT2D eigenvalue weighted by molar-refractivity contribution is -0.117. The van der Waals surface area contributed by atoms with Crippen molar-refractivity contribution in [2.75, 3.05) is 5.88 Å². The number of amides is 3. The first-order chi connectivity index (χ1) is 7.67. The third-order valence-corrected chi connectivity index (χ3v) is 3.37. The molecule has 5 heteroatoms. The van der Waals surface area contributed by atoms with E-state index >= 15 is 0 Å². The number of rotatable bonds is 3. The van der Waals surface area contributed by atoms with Crippen LogP contribution in [0.3, 0.4) is 0 Å². The molecule has 2 unspecified atom stereocenters. The topological polar surface area (TPSA) is 58.2 Å². The predicted octanol–water partition coefficient (Wildman–Crippen LogP) is 2.02. The smallest absolute Gasteiger partial charge is 0.321 e. The largest absolute Gasteiger partial charge is 0.335 e. The minimum Gasteiger partial charge on any atom is -0.335 e. The average Bonchev–Trinajstić information content (AvgIpc) is 2.29. The zero-order chi connectivity index (χ0) is 12.0. The summed E-state index contributed by atoms with van der Waals surface area (Å²) in [6.45, 7) is 2.13. The number of alkyl halides is 1. The molecule has 4 nitrogen and oxygen atoms in total. The van der Waals surface area contributed by atoms with Crippen molar-refractivity contribution in [2.24, 2.45) is 5.92 Å². The van der Waals surface area contributed by atoms with E-state index in [9.17, 15) is 9.59 Å². The molecule has 1 rings (SSSR count). The standard InChI is InChI=1S/C11H19ClN2O2/c1-2-8-5-3-4-6-9(8)13-11(16)14-10(15)7-12/h8-9H,2-7H2,1H3,(H2,13,14,15,16). The van der Waals surface area contributed by atoms with Gasteiger partial charge in [0.25, 0.3) is 0 Å². The van der Waals surface area contributed by atoms with Crippen molar-refractivity contribution in [3.8, 4) is 0 Å². The molecule has 1 saturated carbocycles. The Balaban J connectivity index is 2.39. The fourth-order valence-corrected chi connectivity index (χ4v) is 2.32. The summed E-state index contributed by atoms with van der Waals surface area (Å²) in [7, 11) is 0. The second-order valence-electron chi connectivity index (χ2n) is 4.21. The van der Waals surface area contributed by atoms with Gasteiger partial charge in [-0.1, -0.05) is 26.2 Å². The van der Waals surface area contributed by atoms with Gasteiger partial charge in [0, 0.05) is 6.04 Å². The SMILES string of the molecule is CCC1CCCCC1NC(=O)NC(=O)CCl. The molecular formula is C11H19ClN2O2. The molecule has 0 aromatic heterocycles. The number of carbonyl (C=O) groups is 2. The van der Waals surface area contributed by atoms with Gasteiger partial charge in [0.2, 0.25) is 5.91 Å². The van der Waals surface area contributed by atoms with Crippen LogP contribution in [0.4, 0.5) is 4.79 Å². The Kier molecular flexibility index (Phi) is 5.60. The second kappa shape index (κ2) is 6.74. The number of hydrogen-bond donors (Lipinski definition) is 2. The Hall–Kier alpha value is -0.770. The summed E-state index contributed by atoms with van der Waals surface area (Å²) in [4.78, 5) is 22.4. The van der Waals surface area contributed by atoms with Crippen molar-refractivity contribution in [3.63, 3.8) is 0 Å². The lowest BCUT2D eigenvalue weighted by Crippen LogP contribution is -2.48. The van der Waals surface area contributed by atoms with Crippen LogP contribution in [0, 0.1) is 5.92 Å². The van der Waals surface area contributed by atoms with E-state index in [0.29, 0.717) is 5.92 Å². The van der Waals surface area contributed by atoms with Gasteiger partial charge in [-0.25, -0.2) is 4.79 Å². The Labute approximate surface area is 101 Å². The van der Waals surface area contributed by atoms with E-state index in [-0.39, 0.29) is 11.9 Å². The molecule has 3 amide bonds. The molecule has 0 bridgehead atoms. The van der Waals surface area contributed by atoms with Gasteiger partial charge in [-0.3, -0.25) is 10.1 Å². The van der Waals surface area contributed by atoms with Crippen LogP contribution in [0.1, 0.15) is 39.0 Å². The zero-order valence-corrected chi connectivity index (χ0v) is 10.3. The van der Waals surface area contributed by atoms with E-state index < -0.39 is 11.9 Å². The molecule has 0 spiro atoms. The normalized spacial score (nSPS) is 24.9. The maximum atomic E-state index is 11.4. The molecule has 0 saturated heterocycles. The maximum absolute atomic E-state index is 11.4. The summed E-state index contributed by atoms with van der Waals surface area (Å²) in [5.41, 5.74) is 0. The van der Waals surface area contributed by atoms with Crippen LogP contribution in [-0.4, -0.2) is 23.9 Å². The average molecular weight is 247 g/mol. The molecule has 16 heavy (non-hydrogen) atoms. The molecule has 1 aliphatic rings. The van der Waals surface area contributed by atoms with Crippen LogP contribution in [0.2, 0.25) is 0 Å². The summed E-state index contributed by atoms with van der Waals surface area (Å²) in [6, 6.07) is -0.224. The second-order valence-corrected chi connectivity index (χ2v) is 4.48. The van der Waals surface area contributed by atoms with Crippen LogP contribution >= 0.6 is 11.6 Å². The summed E-state index contributed by atoms with van der Waals surface area (Å²) < 4.78 is 0. The molecule has 1 aliphatic carbocycles. The minimum absolute atomic E-state index is 0.185. The summed E-state index contributed by atoms with van der Waals surface area (Å²) in [6.07, 6.45) is 5.60. The van der Waals surface area contributed by atoms with Crippen molar-refractivity contribution in [2.45, 2.75) is 45.1 Å². The van der Waals surface area contributed by atoms with E-state index in [1.165, 1.54) is 6.42 Å². The van der Waals surface area contributed by atoms with Crippen molar-refractivity contribution >= 4 is 23.5 Å². The molecule has 0 aromatic carbocycles. The van der Waals surface area contributed by atoms with Gasteiger partial charge in [-0.05, 0) is 18.8 Å². The lowest BCUT2D eigenvalue weighted by atomic mass is 9.83. The summed E-state index contributed by atoms with van der Waals surface area (Å²) >= 11 is 5.30. The van der Waals surface area contributed by atoms with Crippen LogP contribution < -0.4 is 10.6 Å². The van der Waals surface area contributed by atoms with Crippen LogP contribution in [-0.2, 0) is 4.79 Å². The Morgan fingerprint density at radius 3 is 2.62 bits per heavy atom. The maximum Gasteiger partial charge on any atom is 0.321 e. The number of halogens is 1. The van der Waals surface area contributed by atoms with Crippen molar-refractivity contribution in [3.05, 3.63) is 0 Å². The Bertz CT molecular complexity index is 258. The van der Waals surface area contributed by atoms with Gasteiger partial charge < -0.3 is 5.32 Å². The highest BCUT2D eigenvalue weighted by Crippen LogP contribution is 2.26.